The molecule has 0 aliphatic carbocycles. The minimum absolute atomic E-state index is 0.114. The third-order valence-corrected chi connectivity index (χ3v) is 2.88. The largest absolute Gasteiger partial charge is 0.417 e. The van der Waals surface area contributed by atoms with Crippen molar-refractivity contribution in [2.24, 2.45) is 0 Å². The number of pyridine rings is 1. The standard InChI is InChI=1S/C14H18F3NO/c1-2-3-4-5-6-7-13(19)12-9-8-11(10-18-12)14(15,16)17/h8-10H,2-7H2,1H3. The van der Waals surface area contributed by atoms with Gasteiger partial charge in [0.1, 0.15) is 5.69 Å². The highest BCUT2D eigenvalue weighted by Crippen LogP contribution is 2.28. The molecule has 0 unspecified atom stereocenters. The highest BCUT2D eigenvalue weighted by Gasteiger charge is 2.30. The topological polar surface area (TPSA) is 30.0 Å². The Labute approximate surface area is 111 Å². The number of aromatic nitrogens is 1. The van der Waals surface area contributed by atoms with E-state index < -0.39 is 11.7 Å². The van der Waals surface area contributed by atoms with Gasteiger partial charge in [-0.05, 0) is 18.6 Å². The quantitative estimate of drug-likeness (QED) is 0.535. The number of ketones is 1. The lowest BCUT2D eigenvalue weighted by molar-refractivity contribution is -0.137. The van der Waals surface area contributed by atoms with Crippen molar-refractivity contribution in [1.29, 1.82) is 0 Å². The molecule has 0 amide bonds. The normalized spacial score (nSPS) is 11.6. The van der Waals surface area contributed by atoms with Crippen LogP contribution in [0.25, 0.3) is 0 Å². The molecule has 0 fully saturated rings. The molecule has 1 rings (SSSR count). The molecule has 1 aromatic heterocycles. The van der Waals surface area contributed by atoms with E-state index in [-0.39, 0.29) is 11.5 Å². The van der Waals surface area contributed by atoms with E-state index in [1.165, 1.54) is 0 Å². The van der Waals surface area contributed by atoms with Gasteiger partial charge in [-0.25, -0.2) is 0 Å². The second-order valence-corrected chi connectivity index (χ2v) is 4.52. The minimum atomic E-state index is -4.41. The van der Waals surface area contributed by atoms with Gasteiger partial charge in [-0.1, -0.05) is 32.6 Å². The third-order valence-electron chi connectivity index (χ3n) is 2.88. The van der Waals surface area contributed by atoms with Crippen LogP contribution in [0.1, 0.15) is 61.5 Å². The number of unbranched alkanes of at least 4 members (excludes halogenated alkanes) is 4. The molecule has 1 heterocycles. The Bertz CT molecular complexity index is 398. The zero-order valence-electron chi connectivity index (χ0n) is 11.0. The maximum Gasteiger partial charge on any atom is 0.417 e. The fourth-order valence-corrected chi connectivity index (χ4v) is 1.74. The number of Topliss-reactive ketones (excluding diaryl/α,β-unsaturated/α-hetero) is 1. The van der Waals surface area contributed by atoms with Crippen molar-refractivity contribution < 1.29 is 18.0 Å². The van der Waals surface area contributed by atoms with E-state index in [9.17, 15) is 18.0 Å². The van der Waals surface area contributed by atoms with Crippen molar-refractivity contribution in [2.45, 2.75) is 51.6 Å². The van der Waals surface area contributed by atoms with E-state index in [0.29, 0.717) is 12.6 Å². The van der Waals surface area contributed by atoms with Gasteiger partial charge in [0.2, 0.25) is 0 Å². The number of halogens is 3. The molecule has 0 aliphatic rings. The summed E-state index contributed by atoms with van der Waals surface area (Å²) in [7, 11) is 0. The smallest absolute Gasteiger partial charge is 0.292 e. The molecule has 19 heavy (non-hydrogen) atoms. The maximum atomic E-state index is 12.3. The summed E-state index contributed by atoms with van der Waals surface area (Å²) in [6, 6.07) is 2.05. The van der Waals surface area contributed by atoms with Gasteiger partial charge in [0.05, 0.1) is 5.56 Å². The number of hydrogen-bond acceptors (Lipinski definition) is 2. The summed E-state index contributed by atoms with van der Waals surface area (Å²) in [4.78, 5) is 15.3. The van der Waals surface area contributed by atoms with E-state index in [4.69, 9.17) is 0 Å². The van der Waals surface area contributed by atoms with Crippen LogP contribution in [0.3, 0.4) is 0 Å². The van der Waals surface area contributed by atoms with Crippen LogP contribution in [0.2, 0.25) is 0 Å². The predicted molar refractivity (Wildman–Crippen MR) is 66.9 cm³/mol. The lowest BCUT2D eigenvalue weighted by atomic mass is 10.1. The molecule has 2 nitrogen and oxygen atoms in total. The molecule has 0 spiro atoms. The van der Waals surface area contributed by atoms with Crippen LogP contribution in [0.15, 0.2) is 18.3 Å². The summed E-state index contributed by atoms with van der Waals surface area (Å²) < 4.78 is 37.0. The van der Waals surface area contributed by atoms with E-state index in [2.05, 4.69) is 11.9 Å². The fraction of sp³-hybridized carbons (Fsp3) is 0.571. The summed E-state index contributed by atoms with van der Waals surface area (Å²) in [5.74, 6) is -0.190. The number of rotatable bonds is 7. The Morgan fingerprint density at radius 3 is 2.37 bits per heavy atom. The van der Waals surface area contributed by atoms with Crippen molar-refractivity contribution in [3.8, 4) is 0 Å². The molecule has 0 atom stereocenters. The average Bonchev–Trinajstić information content (AvgIpc) is 2.37. The monoisotopic (exact) mass is 273 g/mol. The van der Waals surface area contributed by atoms with Gasteiger partial charge in [-0.3, -0.25) is 9.78 Å². The summed E-state index contributed by atoms with van der Waals surface area (Å²) in [5.41, 5.74) is -0.713. The third kappa shape index (κ3) is 5.41. The summed E-state index contributed by atoms with van der Waals surface area (Å²) in [6.45, 7) is 2.11. The second-order valence-electron chi connectivity index (χ2n) is 4.52. The van der Waals surface area contributed by atoms with Crippen LogP contribution in [0.4, 0.5) is 13.2 Å². The van der Waals surface area contributed by atoms with Crippen molar-refractivity contribution in [2.75, 3.05) is 0 Å². The Morgan fingerprint density at radius 2 is 1.84 bits per heavy atom. The molecule has 0 saturated heterocycles. The molecule has 5 heteroatoms. The zero-order valence-corrected chi connectivity index (χ0v) is 11.0. The van der Waals surface area contributed by atoms with E-state index in [0.717, 1.165) is 44.2 Å². The number of alkyl halides is 3. The molecular formula is C14H18F3NO. The summed E-state index contributed by atoms with van der Waals surface area (Å²) in [5, 5.41) is 0. The minimum Gasteiger partial charge on any atom is -0.292 e. The van der Waals surface area contributed by atoms with Crippen molar-refractivity contribution in [3.63, 3.8) is 0 Å². The highest BCUT2D eigenvalue weighted by atomic mass is 19.4. The van der Waals surface area contributed by atoms with Gasteiger partial charge in [0.25, 0.3) is 0 Å². The van der Waals surface area contributed by atoms with E-state index >= 15 is 0 Å². The van der Waals surface area contributed by atoms with Crippen LogP contribution >= 0.6 is 0 Å². The first-order valence-corrected chi connectivity index (χ1v) is 6.51. The SMILES string of the molecule is CCCCCCCC(=O)c1ccc(C(F)(F)F)cn1. The van der Waals surface area contributed by atoms with Crippen LogP contribution in [-0.2, 0) is 6.18 Å². The molecule has 0 saturated carbocycles. The molecule has 0 radical (unpaired) electrons. The molecule has 106 valence electrons. The fourth-order valence-electron chi connectivity index (χ4n) is 1.74. The number of carbonyl (C=O) groups excluding carboxylic acids is 1. The van der Waals surface area contributed by atoms with Crippen LogP contribution < -0.4 is 0 Å². The van der Waals surface area contributed by atoms with Gasteiger partial charge < -0.3 is 0 Å². The first-order chi connectivity index (χ1) is 8.95. The van der Waals surface area contributed by atoms with Gasteiger partial charge in [-0.15, -0.1) is 0 Å². The molecule has 0 bridgehead atoms. The number of nitrogens with zero attached hydrogens (tertiary/aromatic N) is 1. The predicted octanol–water partition coefficient (Wildman–Crippen LogP) is 4.64. The molecule has 0 N–H and O–H groups in total. The van der Waals surface area contributed by atoms with Gasteiger partial charge >= 0.3 is 6.18 Å². The Kier molecular flexibility index (Phi) is 5.99. The highest BCUT2D eigenvalue weighted by molar-refractivity contribution is 5.94. The molecular weight excluding hydrogens is 255 g/mol. The van der Waals surface area contributed by atoms with Crippen LogP contribution in [0, 0.1) is 0 Å². The Balaban J connectivity index is 2.45. The van der Waals surface area contributed by atoms with Crippen molar-refractivity contribution in [3.05, 3.63) is 29.6 Å². The van der Waals surface area contributed by atoms with Crippen LogP contribution in [-0.4, -0.2) is 10.8 Å². The van der Waals surface area contributed by atoms with Gasteiger partial charge in [-0.2, -0.15) is 13.2 Å². The zero-order chi connectivity index (χ0) is 14.3. The number of carbonyl (C=O) groups is 1. The Hall–Kier alpha value is -1.39. The molecule has 1 aromatic rings. The molecule has 0 aliphatic heterocycles. The maximum absolute atomic E-state index is 12.3. The van der Waals surface area contributed by atoms with Gasteiger partial charge in [0.15, 0.2) is 5.78 Å². The van der Waals surface area contributed by atoms with Crippen LogP contribution in [0.5, 0.6) is 0 Å². The lowest BCUT2D eigenvalue weighted by Gasteiger charge is -2.06. The molecule has 0 aromatic carbocycles. The first kappa shape index (κ1) is 15.7. The average molecular weight is 273 g/mol. The van der Waals surface area contributed by atoms with E-state index in [1.807, 2.05) is 0 Å². The second kappa shape index (κ2) is 7.26. The number of hydrogen-bond donors (Lipinski definition) is 0. The summed E-state index contributed by atoms with van der Waals surface area (Å²) >= 11 is 0. The van der Waals surface area contributed by atoms with E-state index in [1.54, 1.807) is 0 Å². The first-order valence-electron chi connectivity index (χ1n) is 6.51. The van der Waals surface area contributed by atoms with Crippen molar-refractivity contribution >= 4 is 5.78 Å². The summed E-state index contributed by atoms with van der Waals surface area (Å²) in [6.07, 6.45) is 1.76. The lowest BCUT2D eigenvalue weighted by Crippen LogP contribution is -2.08. The van der Waals surface area contributed by atoms with Gasteiger partial charge in [0, 0.05) is 12.6 Å². The Morgan fingerprint density at radius 1 is 1.16 bits per heavy atom. The van der Waals surface area contributed by atoms with Crippen molar-refractivity contribution in [1.82, 2.24) is 4.98 Å².